The number of piperazine rings is 1. The summed E-state index contributed by atoms with van der Waals surface area (Å²) in [6.07, 6.45) is 0.361. The molecule has 2 aromatic rings. The number of hydrogen-bond donors (Lipinski definition) is 0. The van der Waals surface area contributed by atoms with Crippen molar-refractivity contribution < 1.29 is 4.79 Å². The number of thiazole rings is 1. The molecule has 8 heteroatoms. The van der Waals surface area contributed by atoms with Crippen LogP contribution in [0.3, 0.4) is 0 Å². The number of carbonyl (C=O) groups is 1. The van der Waals surface area contributed by atoms with Gasteiger partial charge < -0.3 is 9.80 Å². The zero-order chi connectivity index (χ0) is 17.8. The standard InChI is InChI=1S/C17H20N6OS/c1-12(2)17-19-14(11-25-17)9-16(24)23-7-5-22(6-8-23)15-4-3-13(10-18)20-21-15/h3-4,11-12H,5-9H2,1-2H3. The molecule has 3 heterocycles. The summed E-state index contributed by atoms with van der Waals surface area (Å²) < 4.78 is 0. The first-order chi connectivity index (χ1) is 12.1. The largest absolute Gasteiger partial charge is 0.352 e. The molecular weight excluding hydrogens is 336 g/mol. The quantitative estimate of drug-likeness (QED) is 0.830. The van der Waals surface area contributed by atoms with Crippen molar-refractivity contribution in [2.75, 3.05) is 31.1 Å². The maximum Gasteiger partial charge on any atom is 0.228 e. The van der Waals surface area contributed by atoms with Gasteiger partial charge in [0.2, 0.25) is 5.91 Å². The van der Waals surface area contributed by atoms with Crippen LogP contribution < -0.4 is 4.90 Å². The molecule has 0 atom stereocenters. The Balaban J connectivity index is 1.54. The highest BCUT2D eigenvalue weighted by Crippen LogP contribution is 2.20. The maximum atomic E-state index is 12.5. The van der Waals surface area contributed by atoms with Gasteiger partial charge in [0.1, 0.15) is 6.07 Å². The van der Waals surface area contributed by atoms with Gasteiger partial charge in [-0.25, -0.2) is 4.98 Å². The van der Waals surface area contributed by atoms with Crippen molar-refractivity contribution >= 4 is 23.1 Å². The Hall–Kier alpha value is -2.53. The van der Waals surface area contributed by atoms with Crippen LogP contribution in [0.4, 0.5) is 5.82 Å². The van der Waals surface area contributed by atoms with Crippen LogP contribution in [-0.2, 0) is 11.2 Å². The molecule has 25 heavy (non-hydrogen) atoms. The fourth-order valence-electron chi connectivity index (χ4n) is 2.67. The van der Waals surface area contributed by atoms with Gasteiger partial charge in [0, 0.05) is 37.5 Å². The van der Waals surface area contributed by atoms with E-state index in [0.29, 0.717) is 44.2 Å². The van der Waals surface area contributed by atoms with Crippen molar-refractivity contribution in [2.45, 2.75) is 26.2 Å². The maximum absolute atomic E-state index is 12.5. The predicted octanol–water partition coefficient (Wildman–Crippen LogP) is 1.82. The second kappa shape index (κ2) is 7.57. The van der Waals surface area contributed by atoms with E-state index in [4.69, 9.17) is 5.26 Å². The molecule has 0 aromatic carbocycles. The van der Waals surface area contributed by atoms with Crippen LogP contribution in [0.25, 0.3) is 0 Å². The van der Waals surface area contributed by atoms with E-state index < -0.39 is 0 Å². The average Bonchev–Trinajstić information content (AvgIpc) is 3.11. The summed E-state index contributed by atoms with van der Waals surface area (Å²) >= 11 is 1.62. The Morgan fingerprint density at radius 3 is 2.60 bits per heavy atom. The fourth-order valence-corrected chi connectivity index (χ4v) is 3.51. The molecule has 0 spiro atoms. The lowest BCUT2D eigenvalue weighted by molar-refractivity contribution is -0.130. The van der Waals surface area contributed by atoms with Gasteiger partial charge in [-0.15, -0.1) is 21.5 Å². The lowest BCUT2D eigenvalue weighted by atomic mass is 10.2. The molecule has 0 radical (unpaired) electrons. The average molecular weight is 356 g/mol. The molecule has 1 aliphatic rings. The Morgan fingerprint density at radius 2 is 2.04 bits per heavy atom. The molecule has 0 bridgehead atoms. The summed E-state index contributed by atoms with van der Waals surface area (Å²) in [7, 11) is 0. The van der Waals surface area contributed by atoms with E-state index in [2.05, 4.69) is 33.9 Å². The van der Waals surface area contributed by atoms with E-state index in [0.717, 1.165) is 16.5 Å². The van der Waals surface area contributed by atoms with Crippen molar-refractivity contribution in [3.63, 3.8) is 0 Å². The second-order valence-electron chi connectivity index (χ2n) is 6.26. The first kappa shape index (κ1) is 17.3. The highest BCUT2D eigenvalue weighted by Gasteiger charge is 2.23. The number of hydrogen-bond acceptors (Lipinski definition) is 7. The molecule has 1 aliphatic heterocycles. The molecule has 3 rings (SSSR count). The monoisotopic (exact) mass is 356 g/mol. The van der Waals surface area contributed by atoms with E-state index >= 15 is 0 Å². The van der Waals surface area contributed by atoms with Gasteiger partial charge in [0.15, 0.2) is 11.5 Å². The van der Waals surface area contributed by atoms with Crippen molar-refractivity contribution in [1.29, 1.82) is 5.26 Å². The zero-order valence-corrected chi connectivity index (χ0v) is 15.2. The lowest BCUT2D eigenvalue weighted by Gasteiger charge is -2.35. The molecule has 1 fully saturated rings. The zero-order valence-electron chi connectivity index (χ0n) is 14.3. The van der Waals surface area contributed by atoms with Gasteiger partial charge in [-0.3, -0.25) is 4.79 Å². The van der Waals surface area contributed by atoms with Gasteiger partial charge >= 0.3 is 0 Å². The molecule has 0 aliphatic carbocycles. The van der Waals surface area contributed by atoms with E-state index in [1.54, 1.807) is 23.5 Å². The van der Waals surface area contributed by atoms with Crippen LogP contribution in [0.5, 0.6) is 0 Å². The van der Waals surface area contributed by atoms with Gasteiger partial charge in [-0.1, -0.05) is 13.8 Å². The summed E-state index contributed by atoms with van der Waals surface area (Å²) in [6.45, 7) is 6.94. The highest BCUT2D eigenvalue weighted by atomic mass is 32.1. The number of amides is 1. The molecule has 130 valence electrons. The topological polar surface area (TPSA) is 86.0 Å². The van der Waals surface area contributed by atoms with Gasteiger partial charge in [-0.05, 0) is 12.1 Å². The minimum atomic E-state index is 0.117. The van der Waals surface area contributed by atoms with Gasteiger partial charge in [-0.2, -0.15) is 5.26 Å². The Kier molecular flexibility index (Phi) is 5.24. The van der Waals surface area contributed by atoms with E-state index in [9.17, 15) is 4.79 Å². The van der Waals surface area contributed by atoms with Crippen LogP contribution >= 0.6 is 11.3 Å². The second-order valence-corrected chi connectivity index (χ2v) is 7.15. The van der Waals surface area contributed by atoms with Crippen LogP contribution in [0, 0.1) is 11.3 Å². The van der Waals surface area contributed by atoms with Crippen molar-refractivity contribution in [3.05, 3.63) is 33.9 Å². The van der Waals surface area contributed by atoms with E-state index in [1.165, 1.54) is 0 Å². The summed E-state index contributed by atoms with van der Waals surface area (Å²) in [4.78, 5) is 21.0. The van der Waals surface area contributed by atoms with Crippen LogP contribution in [0.2, 0.25) is 0 Å². The normalized spacial score (nSPS) is 14.6. The number of aromatic nitrogens is 3. The van der Waals surface area contributed by atoms with Crippen molar-refractivity contribution in [2.24, 2.45) is 0 Å². The molecule has 1 amide bonds. The molecular formula is C17H20N6OS. The molecule has 1 saturated heterocycles. The number of anilines is 1. The van der Waals surface area contributed by atoms with Gasteiger partial charge in [0.05, 0.1) is 17.1 Å². The van der Waals surface area contributed by atoms with Crippen LogP contribution in [-0.4, -0.2) is 52.2 Å². The molecule has 0 unspecified atom stereocenters. The third-order valence-corrected chi connectivity index (χ3v) is 5.31. The number of nitrogens with zero attached hydrogens (tertiary/aromatic N) is 6. The number of rotatable bonds is 4. The van der Waals surface area contributed by atoms with Crippen molar-refractivity contribution in [3.8, 4) is 6.07 Å². The summed E-state index contributed by atoms with van der Waals surface area (Å²) in [5.74, 6) is 1.25. The highest BCUT2D eigenvalue weighted by molar-refractivity contribution is 7.09. The van der Waals surface area contributed by atoms with Crippen LogP contribution in [0.15, 0.2) is 17.5 Å². The Labute approximate surface area is 150 Å². The SMILES string of the molecule is CC(C)c1nc(CC(=O)N2CCN(c3ccc(C#N)nn3)CC2)cs1. The van der Waals surface area contributed by atoms with E-state index in [1.807, 2.05) is 16.3 Å². The lowest BCUT2D eigenvalue weighted by Crippen LogP contribution is -2.49. The summed E-state index contributed by atoms with van der Waals surface area (Å²) in [5, 5.41) is 19.8. The molecule has 2 aromatic heterocycles. The predicted molar refractivity (Wildman–Crippen MR) is 95.4 cm³/mol. The third-order valence-electron chi connectivity index (χ3n) is 4.12. The van der Waals surface area contributed by atoms with E-state index in [-0.39, 0.29) is 5.91 Å². The summed E-state index contributed by atoms with van der Waals surface area (Å²) in [5.41, 5.74) is 1.17. The molecule has 0 saturated carbocycles. The Bertz CT molecular complexity index is 771. The first-order valence-corrected chi connectivity index (χ1v) is 9.15. The Morgan fingerprint density at radius 1 is 1.28 bits per heavy atom. The van der Waals surface area contributed by atoms with Crippen LogP contribution in [0.1, 0.15) is 36.2 Å². The smallest absolute Gasteiger partial charge is 0.228 e. The minimum absolute atomic E-state index is 0.117. The minimum Gasteiger partial charge on any atom is -0.352 e. The number of carbonyl (C=O) groups excluding carboxylic acids is 1. The van der Waals surface area contributed by atoms with Crippen molar-refractivity contribution in [1.82, 2.24) is 20.1 Å². The first-order valence-electron chi connectivity index (χ1n) is 8.27. The molecule has 7 nitrogen and oxygen atoms in total. The van der Waals surface area contributed by atoms with Gasteiger partial charge in [0.25, 0.3) is 0 Å². The number of nitriles is 1. The fraction of sp³-hybridized carbons (Fsp3) is 0.471. The summed E-state index contributed by atoms with van der Waals surface area (Å²) in [6, 6.07) is 5.42. The third kappa shape index (κ3) is 4.12. The molecule has 0 N–H and O–H groups in total.